The van der Waals surface area contributed by atoms with E-state index >= 15 is 0 Å². The fourth-order valence-electron chi connectivity index (χ4n) is 1.93. The van der Waals surface area contributed by atoms with Crippen LogP contribution in [0.25, 0.3) is 0 Å². The Morgan fingerprint density at radius 2 is 2.05 bits per heavy atom. The van der Waals surface area contributed by atoms with Crippen LogP contribution >= 0.6 is 0 Å². The number of nitrogens with two attached hydrogens (primary N) is 1. The van der Waals surface area contributed by atoms with E-state index in [0.717, 1.165) is 12.2 Å². The molecule has 4 heteroatoms. The first-order valence-corrected chi connectivity index (χ1v) is 6.66. The number of hydrogen-bond donors (Lipinski definition) is 1. The Balaban J connectivity index is 2.21. The van der Waals surface area contributed by atoms with Gasteiger partial charge in [0.25, 0.3) is 0 Å². The van der Waals surface area contributed by atoms with Crippen LogP contribution in [0.15, 0.2) is 28.8 Å². The normalized spacial score (nSPS) is 14.3. The van der Waals surface area contributed by atoms with Crippen molar-refractivity contribution in [2.24, 2.45) is 5.73 Å². The molecule has 1 aromatic carbocycles. The summed E-state index contributed by atoms with van der Waals surface area (Å²) in [6.07, 6.45) is 1.58. The Hall–Kier alpha value is -1.68. The molecule has 19 heavy (non-hydrogen) atoms. The first kappa shape index (κ1) is 13.7. The predicted molar refractivity (Wildman–Crippen MR) is 75.0 cm³/mol. The smallest absolute Gasteiger partial charge is 0.233 e. The van der Waals surface area contributed by atoms with E-state index in [4.69, 9.17) is 10.3 Å². The zero-order valence-electron chi connectivity index (χ0n) is 11.8. The molecule has 0 aliphatic rings. The lowest BCUT2D eigenvalue weighted by atomic mass is 9.88. The first-order valence-electron chi connectivity index (χ1n) is 6.66. The molecule has 2 rings (SSSR count). The summed E-state index contributed by atoms with van der Waals surface area (Å²) in [5, 5.41) is 4.07. The number of hydrogen-bond acceptors (Lipinski definition) is 4. The first-order chi connectivity index (χ1) is 9.09. The summed E-state index contributed by atoms with van der Waals surface area (Å²) >= 11 is 0. The van der Waals surface area contributed by atoms with Crippen molar-refractivity contribution >= 4 is 0 Å². The van der Waals surface area contributed by atoms with Gasteiger partial charge in [-0.3, -0.25) is 0 Å². The molecule has 0 fully saturated rings. The van der Waals surface area contributed by atoms with Gasteiger partial charge in [-0.25, -0.2) is 0 Å². The van der Waals surface area contributed by atoms with Crippen molar-refractivity contribution in [1.82, 2.24) is 10.1 Å². The van der Waals surface area contributed by atoms with Crippen molar-refractivity contribution in [3.05, 3.63) is 47.1 Å². The topological polar surface area (TPSA) is 64.9 Å². The molecule has 0 amide bonds. The molecule has 1 atom stereocenters. The van der Waals surface area contributed by atoms with Crippen molar-refractivity contribution in [2.45, 2.75) is 39.0 Å². The van der Waals surface area contributed by atoms with Gasteiger partial charge >= 0.3 is 0 Å². The van der Waals surface area contributed by atoms with Crippen LogP contribution in [-0.4, -0.2) is 16.7 Å². The highest BCUT2D eigenvalue weighted by atomic mass is 16.5. The van der Waals surface area contributed by atoms with E-state index in [2.05, 4.69) is 43.0 Å². The Morgan fingerprint density at radius 1 is 1.32 bits per heavy atom. The minimum atomic E-state index is -0.225. The van der Waals surface area contributed by atoms with E-state index in [1.165, 1.54) is 11.1 Å². The molecular weight excluding hydrogens is 238 g/mol. The zero-order chi connectivity index (χ0) is 13.9. The second kappa shape index (κ2) is 5.53. The summed E-state index contributed by atoms with van der Waals surface area (Å²) < 4.78 is 5.38. The Kier molecular flexibility index (Phi) is 4.00. The quantitative estimate of drug-likeness (QED) is 0.896. The van der Waals surface area contributed by atoms with Gasteiger partial charge in [0, 0.05) is 13.0 Å². The number of rotatable bonds is 5. The third-order valence-electron chi connectivity index (χ3n) is 3.83. The van der Waals surface area contributed by atoms with Gasteiger partial charge in [0.15, 0.2) is 5.82 Å². The highest BCUT2D eigenvalue weighted by Crippen LogP contribution is 2.25. The van der Waals surface area contributed by atoms with E-state index in [-0.39, 0.29) is 5.41 Å². The van der Waals surface area contributed by atoms with Gasteiger partial charge in [-0.05, 0) is 31.4 Å². The number of aromatic nitrogens is 2. The minimum Gasteiger partial charge on any atom is -0.339 e. The van der Waals surface area contributed by atoms with Gasteiger partial charge < -0.3 is 10.3 Å². The molecule has 0 saturated carbocycles. The van der Waals surface area contributed by atoms with Crippen LogP contribution in [0.2, 0.25) is 0 Å². The van der Waals surface area contributed by atoms with Gasteiger partial charge in [-0.1, -0.05) is 36.3 Å². The van der Waals surface area contributed by atoms with Gasteiger partial charge in [0.05, 0.1) is 5.41 Å². The Bertz CT molecular complexity index is 544. The van der Waals surface area contributed by atoms with E-state index in [9.17, 15) is 0 Å². The molecule has 102 valence electrons. The van der Waals surface area contributed by atoms with E-state index in [0.29, 0.717) is 18.9 Å². The molecular formula is C15H21N3O. The molecule has 0 aliphatic heterocycles. The molecule has 0 aliphatic carbocycles. The number of nitrogens with zero attached hydrogens (tertiary/aromatic N) is 2. The maximum atomic E-state index is 5.81. The molecule has 0 bridgehead atoms. The van der Waals surface area contributed by atoms with Gasteiger partial charge in [-0.2, -0.15) is 4.98 Å². The lowest BCUT2D eigenvalue weighted by molar-refractivity contribution is 0.289. The summed E-state index contributed by atoms with van der Waals surface area (Å²) in [4.78, 5) is 4.50. The predicted octanol–water partition coefficient (Wildman–Crippen LogP) is 2.60. The molecule has 2 N–H and O–H groups in total. The minimum absolute atomic E-state index is 0.225. The summed E-state index contributed by atoms with van der Waals surface area (Å²) in [6, 6.07) is 8.24. The molecule has 4 nitrogen and oxygen atoms in total. The number of aryl methyl sites for hydroxylation is 1. The third-order valence-corrected chi connectivity index (χ3v) is 3.83. The molecule has 0 saturated heterocycles. The molecule has 1 aromatic heterocycles. The summed E-state index contributed by atoms with van der Waals surface area (Å²) in [6.45, 7) is 6.73. The standard InChI is InChI=1S/C15H21N3O/c1-4-15(3,10-16)14-17-13(18-19-14)9-12-8-6-5-7-11(12)2/h5-8H,4,9-10,16H2,1-3H3. The Morgan fingerprint density at radius 3 is 2.68 bits per heavy atom. The molecule has 1 unspecified atom stereocenters. The van der Waals surface area contributed by atoms with Crippen LogP contribution in [0.4, 0.5) is 0 Å². The van der Waals surface area contributed by atoms with Crippen molar-refractivity contribution in [1.29, 1.82) is 0 Å². The second-order valence-corrected chi connectivity index (χ2v) is 5.24. The molecule has 0 radical (unpaired) electrons. The average molecular weight is 259 g/mol. The lowest BCUT2D eigenvalue weighted by Crippen LogP contribution is -2.31. The van der Waals surface area contributed by atoms with Gasteiger partial charge in [0.2, 0.25) is 5.89 Å². The van der Waals surface area contributed by atoms with Crippen molar-refractivity contribution in [3.8, 4) is 0 Å². The average Bonchev–Trinajstić information content (AvgIpc) is 2.90. The van der Waals surface area contributed by atoms with E-state index < -0.39 is 0 Å². The fourth-order valence-corrected chi connectivity index (χ4v) is 1.93. The largest absolute Gasteiger partial charge is 0.339 e. The highest BCUT2D eigenvalue weighted by molar-refractivity contribution is 5.28. The summed E-state index contributed by atoms with van der Waals surface area (Å²) in [7, 11) is 0. The van der Waals surface area contributed by atoms with Crippen molar-refractivity contribution < 1.29 is 4.52 Å². The van der Waals surface area contributed by atoms with Gasteiger partial charge in [-0.15, -0.1) is 0 Å². The molecule has 2 aromatic rings. The van der Waals surface area contributed by atoms with Gasteiger partial charge in [0.1, 0.15) is 0 Å². The maximum absolute atomic E-state index is 5.81. The molecule has 1 heterocycles. The third kappa shape index (κ3) is 2.84. The zero-order valence-corrected chi connectivity index (χ0v) is 11.8. The SMILES string of the molecule is CCC(C)(CN)c1nc(Cc2ccccc2C)no1. The maximum Gasteiger partial charge on any atom is 0.233 e. The monoisotopic (exact) mass is 259 g/mol. The highest BCUT2D eigenvalue weighted by Gasteiger charge is 2.29. The fraction of sp³-hybridized carbons (Fsp3) is 0.467. The van der Waals surface area contributed by atoms with Crippen molar-refractivity contribution in [2.75, 3.05) is 6.54 Å². The van der Waals surface area contributed by atoms with Crippen molar-refractivity contribution in [3.63, 3.8) is 0 Å². The summed E-state index contributed by atoms with van der Waals surface area (Å²) in [5.41, 5.74) is 8.05. The van der Waals surface area contributed by atoms with Crippen LogP contribution in [0.1, 0.15) is 43.1 Å². The van der Waals surface area contributed by atoms with E-state index in [1.807, 2.05) is 12.1 Å². The molecule has 0 spiro atoms. The lowest BCUT2D eigenvalue weighted by Gasteiger charge is -2.20. The number of benzene rings is 1. The van der Waals surface area contributed by atoms with Crippen LogP contribution < -0.4 is 5.73 Å². The van der Waals surface area contributed by atoms with Crippen LogP contribution in [0, 0.1) is 6.92 Å². The summed E-state index contributed by atoms with van der Waals surface area (Å²) in [5.74, 6) is 1.36. The van der Waals surface area contributed by atoms with Crippen LogP contribution in [0.5, 0.6) is 0 Å². The van der Waals surface area contributed by atoms with E-state index in [1.54, 1.807) is 0 Å². The van der Waals surface area contributed by atoms with Crippen LogP contribution in [-0.2, 0) is 11.8 Å². The van der Waals surface area contributed by atoms with Crippen LogP contribution in [0.3, 0.4) is 0 Å². The second-order valence-electron chi connectivity index (χ2n) is 5.24. The Labute approximate surface area is 114 Å².